The fraction of sp³-hybridized carbons (Fsp3) is 0.250. The van der Waals surface area contributed by atoms with E-state index in [9.17, 15) is 22.4 Å². The van der Waals surface area contributed by atoms with Crippen molar-refractivity contribution in [1.29, 1.82) is 0 Å². The molecule has 0 aliphatic heterocycles. The molecule has 0 aromatic heterocycles. The zero-order chi connectivity index (χ0) is 21.3. The van der Waals surface area contributed by atoms with Crippen LogP contribution in [0.15, 0.2) is 65.9 Å². The average molecular weight is 399 g/mol. The van der Waals surface area contributed by atoms with Gasteiger partial charge in [0.05, 0.1) is 0 Å². The van der Waals surface area contributed by atoms with Gasteiger partial charge in [0.25, 0.3) is 0 Å². The largest absolute Gasteiger partial charge is 0.483 e. The lowest BCUT2D eigenvalue weighted by atomic mass is 10.1. The number of halogens is 4. The molecular formula is C20H21F4NO3. The molecule has 1 aromatic carbocycles. The highest BCUT2D eigenvalue weighted by Crippen LogP contribution is 2.21. The van der Waals surface area contributed by atoms with Crippen molar-refractivity contribution in [3.8, 4) is 0 Å². The van der Waals surface area contributed by atoms with Crippen LogP contribution in [-0.2, 0) is 22.5 Å². The normalized spacial score (nSPS) is 13.4. The Morgan fingerprint density at radius 1 is 1.29 bits per heavy atom. The summed E-state index contributed by atoms with van der Waals surface area (Å²) < 4.78 is 59.9. The van der Waals surface area contributed by atoms with Crippen LogP contribution in [-0.4, -0.2) is 17.7 Å². The number of carbonyl (C=O) groups is 1. The number of rotatable bonds is 10. The maximum atomic E-state index is 14.3. The number of hydrogen-bond acceptors (Lipinski definition) is 3. The first-order valence-electron chi connectivity index (χ1n) is 8.22. The summed E-state index contributed by atoms with van der Waals surface area (Å²) in [5.41, 5.74) is 0.126. The van der Waals surface area contributed by atoms with E-state index in [1.165, 1.54) is 24.3 Å². The van der Waals surface area contributed by atoms with Gasteiger partial charge in [0.15, 0.2) is 12.4 Å². The van der Waals surface area contributed by atoms with Gasteiger partial charge in [0.2, 0.25) is 0 Å². The highest BCUT2D eigenvalue weighted by molar-refractivity contribution is 5.68. The molecule has 0 radical (unpaired) electrons. The maximum absolute atomic E-state index is 14.3. The Morgan fingerprint density at radius 2 is 1.96 bits per heavy atom. The number of allylic oxidation sites excluding steroid dienone is 6. The number of benzene rings is 1. The molecule has 0 unspecified atom stereocenters. The molecule has 0 heterocycles. The smallest absolute Gasteiger partial charge is 0.341 e. The molecule has 28 heavy (non-hydrogen) atoms. The number of aliphatic carboxylic acids is 1. The lowest BCUT2D eigenvalue weighted by Crippen LogP contribution is -2.17. The molecule has 0 aliphatic rings. The van der Waals surface area contributed by atoms with E-state index in [0.717, 1.165) is 19.9 Å². The van der Waals surface area contributed by atoms with Gasteiger partial charge in [-0.1, -0.05) is 18.7 Å². The minimum absolute atomic E-state index is 0.112. The third kappa shape index (κ3) is 7.30. The van der Waals surface area contributed by atoms with Crippen LogP contribution in [0.3, 0.4) is 0 Å². The van der Waals surface area contributed by atoms with E-state index in [0.29, 0.717) is 5.56 Å². The number of carboxylic acid groups (broad SMARTS) is 1. The first-order chi connectivity index (χ1) is 13.1. The predicted molar refractivity (Wildman–Crippen MR) is 97.5 cm³/mol. The highest BCUT2D eigenvalue weighted by atomic mass is 19.1. The fourth-order valence-corrected chi connectivity index (χ4v) is 2.13. The van der Waals surface area contributed by atoms with Crippen LogP contribution in [0.5, 0.6) is 0 Å². The summed E-state index contributed by atoms with van der Waals surface area (Å²) in [7, 11) is 0. The number of ether oxygens (including phenoxy) is 1. The first kappa shape index (κ1) is 23.0. The summed E-state index contributed by atoms with van der Waals surface area (Å²) in [5.74, 6) is -4.93. The average Bonchev–Trinajstić information content (AvgIpc) is 2.65. The van der Waals surface area contributed by atoms with E-state index in [1.54, 1.807) is 0 Å². The van der Waals surface area contributed by atoms with Crippen LogP contribution < -0.4 is 5.32 Å². The lowest BCUT2D eigenvalue weighted by Gasteiger charge is -2.13. The Bertz CT molecular complexity index is 825. The molecule has 0 amide bonds. The van der Waals surface area contributed by atoms with Gasteiger partial charge in [-0.25, -0.2) is 22.4 Å². The SMILES string of the molecule is C=C/C(F)=C\Cc1ccc(F)c(CNC(=C(/C)F)/C(F)=C(\C)OCC(=O)O)c1. The second-order valence-electron chi connectivity index (χ2n) is 5.74. The van der Waals surface area contributed by atoms with E-state index in [4.69, 9.17) is 9.84 Å². The van der Waals surface area contributed by atoms with Crippen molar-refractivity contribution in [3.05, 3.63) is 82.8 Å². The van der Waals surface area contributed by atoms with E-state index >= 15 is 0 Å². The lowest BCUT2D eigenvalue weighted by molar-refractivity contribution is -0.140. The standard InChI is InChI=1S/C20H21F4NO3/c1-4-16(22)7-5-14-6-8-17(23)15(9-14)10-25-20(12(2)21)19(24)13(3)28-11-18(26)27/h4,6-9,25H,1,5,10-11H2,2-3H3,(H,26,27)/b16-7+,19-13-,20-12-. The van der Waals surface area contributed by atoms with Crippen LogP contribution in [0.2, 0.25) is 0 Å². The van der Waals surface area contributed by atoms with Crippen molar-refractivity contribution in [2.45, 2.75) is 26.8 Å². The van der Waals surface area contributed by atoms with E-state index in [1.807, 2.05) is 0 Å². The summed E-state index contributed by atoms with van der Waals surface area (Å²) in [6.45, 7) is 4.37. The van der Waals surface area contributed by atoms with Crippen molar-refractivity contribution in [3.63, 3.8) is 0 Å². The predicted octanol–water partition coefficient (Wildman–Crippen LogP) is 5.00. The molecule has 1 rings (SSSR count). The van der Waals surface area contributed by atoms with Crippen molar-refractivity contribution in [2.75, 3.05) is 6.61 Å². The number of carboxylic acids is 1. The van der Waals surface area contributed by atoms with Crippen LogP contribution in [0.4, 0.5) is 17.6 Å². The minimum atomic E-state index is -1.32. The monoisotopic (exact) mass is 399 g/mol. The maximum Gasteiger partial charge on any atom is 0.341 e. The van der Waals surface area contributed by atoms with Crippen LogP contribution in [0.1, 0.15) is 25.0 Å². The Kier molecular flexibility index (Phi) is 9.01. The third-order valence-electron chi connectivity index (χ3n) is 3.58. The van der Waals surface area contributed by atoms with Gasteiger partial charge in [-0.3, -0.25) is 0 Å². The Morgan fingerprint density at radius 3 is 2.54 bits per heavy atom. The molecule has 4 nitrogen and oxygen atoms in total. The second kappa shape index (κ2) is 11.0. The van der Waals surface area contributed by atoms with Gasteiger partial charge in [-0.2, -0.15) is 0 Å². The molecule has 0 saturated carbocycles. The van der Waals surface area contributed by atoms with Crippen LogP contribution in [0, 0.1) is 5.82 Å². The Balaban J connectivity index is 2.97. The second-order valence-corrected chi connectivity index (χ2v) is 5.74. The topological polar surface area (TPSA) is 58.6 Å². The van der Waals surface area contributed by atoms with E-state index in [-0.39, 0.29) is 18.5 Å². The molecule has 1 aromatic rings. The Labute approximate surface area is 160 Å². The summed E-state index contributed by atoms with van der Waals surface area (Å²) in [6.07, 6.45) is 2.49. The molecular weight excluding hydrogens is 378 g/mol. The highest BCUT2D eigenvalue weighted by Gasteiger charge is 2.15. The molecule has 0 fully saturated rings. The summed E-state index contributed by atoms with van der Waals surface area (Å²) >= 11 is 0. The van der Waals surface area contributed by atoms with E-state index in [2.05, 4.69) is 11.9 Å². The summed E-state index contributed by atoms with van der Waals surface area (Å²) in [5, 5.41) is 11.0. The molecule has 152 valence electrons. The van der Waals surface area contributed by atoms with Crippen molar-refractivity contribution in [2.24, 2.45) is 0 Å². The summed E-state index contributed by atoms with van der Waals surface area (Å²) in [4.78, 5) is 10.5. The molecule has 0 atom stereocenters. The number of hydrogen-bond donors (Lipinski definition) is 2. The summed E-state index contributed by atoms with van der Waals surface area (Å²) in [6, 6.07) is 4.08. The molecule has 8 heteroatoms. The zero-order valence-corrected chi connectivity index (χ0v) is 15.5. The van der Waals surface area contributed by atoms with Crippen molar-refractivity contribution >= 4 is 5.97 Å². The Hall–Kier alpha value is -3.03. The van der Waals surface area contributed by atoms with Crippen LogP contribution >= 0.6 is 0 Å². The molecule has 0 bridgehead atoms. The van der Waals surface area contributed by atoms with Gasteiger partial charge >= 0.3 is 5.97 Å². The minimum Gasteiger partial charge on any atom is -0.483 e. The molecule has 2 N–H and O–H groups in total. The van der Waals surface area contributed by atoms with Gasteiger partial charge in [0.1, 0.15) is 28.9 Å². The third-order valence-corrected chi connectivity index (χ3v) is 3.58. The van der Waals surface area contributed by atoms with Crippen LogP contribution in [0.25, 0.3) is 0 Å². The van der Waals surface area contributed by atoms with Crippen molar-refractivity contribution < 1.29 is 32.2 Å². The molecule has 0 spiro atoms. The van der Waals surface area contributed by atoms with Gasteiger partial charge < -0.3 is 15.2 Å². The van der Waals surface area contributed by atoms with E-state index < -0.39 is 47.3 Å². The van der Waals surface area contributed by atoms with Crippen molar-refractivity contribution in [1.82, 2.24) is 5.32 Å². The zero-order valence-electron chi connectivity index (χ0n) is 15.5. The molecule has 0 aliphatic carbocycles. The quantitative estimate of drug-likeness (QED) is 0.330. The van der Waals surface area contributed by atoms with Gasteiger partial charge in [0, 0.05) is 12.1 Å². The fourth-order valence-electron chi connectivity index (χ4n) is 2.13. The van der Waals surface area contributed by atoms with Gasteiger partial charge in [-0.05, 0) is 44.1 Å². The first-order valence-corrected chi connectivity index (χ1v) is 8.22. The number of nitrogens with one attached hydrogen (secondary N) is 1. The van der Waals surface area contributed by atoms with Gasteiger partial charge in [-0.15, -0.1) is 0 Å². The molecule has 0 saturated heterocycles.